The minimum absolute atomic E-state index is 0.0345. The zero-order valence-corrected chi connectivity index (χ0v) is 22.4. The number of esters is 2. The monoisotopic (exact) mass is 566 g/mol. The van der Waals surface area contributed by atoms with Crippen LogP contribution in [0.3, 0.4) is 0 Å². The number of ether oxygens (including phenoxy) is 4. The molecule has 4 heterocycles. The zero-order chi connectivity index (χ0) is 26.6. The SMILES string of the molecule is C#CC1CC(n2cnc3c(Cl)nc(Cl)nc32)OC1COC(Cc1ccsc1)(C(=O)OCC)C(=O)OCC. The van der Waals surface area contributed by atoms with Crippen LogP contribution >= 0.6 is 34.5 Å². The van der Waals surface area contributed by atoms with Crippen molar-refractivity contribution in [1.82, 2.24) is 19.5 Å². The summed E-state index contributed by atoms with van der Waals surface area (Å²) in [6, 6.07) is 1.80. The number of carbonyl (C=O) groups is 2. The molecule has 0 aromatic carbocycles. The average Bonchev–Trinajstić information content (AvgIpc) is 3.61. The maximum absolute atomic E-state index is 13.1. The quantitative estimate of drug-likeness (QED) is 0.118. The maximum Gasteiger partial charge on any atom is 0.350 e. The predicted octanol–water partition coefficient (Wildman–Crippen LogP) is 3.86. The Labute approximate surface area is 227 Å². The van der Waals surface area contributed by atoms with Crippen molar-refractivity contribution in [2.24, 2.45) is 5.92 Å². The van der Waals surface area contributed by atoms with Gasteiger partial charge >= 0.3 is 11.9 Å². The van der Waals surface area contributed by atoms with E-state index in [0.29, 0.717) is 17.6 Å². The fraction of sp³-hybridized carbons (Fsp3) is 0.458. The number of imidazole rings is 1. The van der Waals surface area contributed by atoms with Crippen molar-refractivity contribution >= 4 is 57.6 Å². The van der Waals surface area contributed by atoms with Crippen LogP contribution in [-0.4, -0.2) is 63.0 Å². The molecule has 13 heteroatoms. The highest BCUT2D eigenvalue weighted by molar-refractivity contribution is 7.07. The van der Waals surface area contributed by atoms with E-state index in [4.69, 9.17) is 48.6 Å². The molecule has 3 aromatic heterocycles. The molecule has 0 spiro atoms. The number of thiophene rings is 1. The van der Waals surface area contributed by atoms with E-state index in [9.17, 15) is 9.59 Å². The van der Waals surface area contributed by atoms with E-state index in [-0.39, 0.29) is 36.7 Å². The second-order valence-electron chi connectivity index (χ2n) is 8.13. The molecule has 1 aliphatic rings. The topological polar surface area (TPSA) is 115 Å². The molecule has 0 bridgehead atoms. The largest absolute Gasteiger partial charge is 0.463 e. The van der Waals surface area contributed by atoms with E-state index >= 15 is 0 Å². The number of halogens is 2. The van der Waals surface area contributed by atoms with Gasteiger partial charge in [0.2, 0.25) is 5.28 Å². The number of terminal acetylenes is 1. The summed E-state index contributed by atoms with van der Waals surface area (Å²) in [6.07, 6.45) is 6.42. The summed E-state index contributed by atoms with van der Waals surface area (Å²) in [7, 11) is 0. The summed E-state index contributed by atoms with van der Waals surface area (Å²) in [6.45, 7) is 3.24. The number of fused-ring (bicyclic) bond motifs is 1. The summed E-state index contributed by atoms with van der Waals surface area (Å²) in [5, 5.41) is 3.74. The molecular formula is C24H24Cl2N4O6S. The van der Waals surface area contributed by atoms with Crippen molar-refractivity contribution in [3.63, 3.8) is 0 Å². The molecule has 4 rings (SSSR count). The molecule has 3 unspecified atom stereocenters. The Morgan fingerprint density at radius 3 is 2.62 bits per heavy atom. The van der Waals surface area contributed by atoms with Crippen molar-refractivity contribution in [3.05, 3.63) is 39.2 Å². The summed E-state index contributed by atoms with van der Waals surface area (Å²) in [4.78, 5) is 38.7. The first kappa shape index (κ1) is 27.3. The lowest BCUT2D eigenvalue weighted by molar-refractivity contribution is -0.195. The summed E-state index contributed by atoms with van der Waals surface area (Å²) < 4.78 is 24.5. The third-order valence-electron chi connectivity index (χ3n) is 5.85. The second-order valence-corrected chi connectivity index (χ2v) is 9.61. The van der Waals surface area contributed by atoms with Gasteiger partial charge in [-0.3, -0.25) is 4.57 Å². The van der Waals surface area contributed by atoms with E-state index in [1.165, 1.54) is 17.7 Å². The van der Waals surface area contributed by atoms with Crippen molar-refractivity contribution < 1.29 is 28.5 Å². The van der Waals surface area contributed by atoms with Crippen LogP contribution < -0.4 is 0 Å². The van der Waals surface area contributed by atoms with Crippen LogP contribution in [0.5, 0.6) is 0 Å². The van der Waals surface area contributed by atoms with Crippen LogP contribution in [0.4, 0.5) is 0 Å². The van der Waals surface area contributed by atoms with Gasteiger partial charge in [-0.15, -0.1) is 12.3 Å². The van der Waals surface area contributed by atoms with Crippen molar-refractivity contribution in [2.45, 2.75) is 44.6 Å². The molecule has 0 amide bonds. The Morgan fingerprint density at radius 1 is 1.27 bits per heavy atom. The molecule has 3 aromatic rings. The number of nitrogens with zero attached hydrogens (tertiary/aromatic N) is 4. The third kappa shape index (κ3) is 5.58. The molecule has 0 N–H and O–H groups in total. The number of hydrogen-bond donors (Lipinski definition) is 0. The number of aromatic nitrogens is 4. The normalized spacial score (nSPS) is 19.6. The first-order valence-corrected chi connectivity index (χ1v) is 13.2. The minimum Gasteiger partial charge on any atom is -0.463 e. The highest BCUT2D eigenvalue weighted by atomic mass is 35.5. The zero-order valence-electron chi connectivity index (χ0n) is 20.1. The van der Waals surface area contributed by atoms with Gasteiger partial charge in [-0.1, -0.05) is 11.6 Å². The third-order valence-corrected chi connectivity index (χ3v) is 7.01. The van der Waals surface area contributed by atoms with Crippen molar-refractivity contribution in [1.29, 1.82) is 0 Å². The molecule has 1 fully saturated rings. The molecule has 196 valence electrons. The van der Waals surface area contributed by atoms with Gasteiger partial charge in [-0.2, -0.15) is 16.3 Å². The molecule has 0 radical (unpaired) electrons. The van der Waals surface area contributed by atoms with Crippen LogP contribution in [0.2, 0.25) is 10.4 Å². The molecule has 3 atom stereocenters. The first-order chi connectivity index (χ1) is 17.8. The summed E-state index contributed by atoms with van der Waals surface area (Å²) >= 11 is 13.6. The van der Waals surface area contributed by atoms with Crippen LogP contribution in [0.25, 0.3) is 11.2 Å². The molecule has 1 aliphatic heterocycles. The molecule has 10 nitrogen and oxygen atoms in total. The lowest BCUT2D eigenvalue weighted by Crippen LogP contribution is -2.54. The lowest BCUT2D eigenvalue weighted by Gasteiger charge is -2.30. The number of carbonyl (C=O) groups excluding carboxylic acids is 2. The Morgan fingerprint density at radius 2 is 2.00 bits per heavy atom. The van der Waals surface area contributed by atoms with E-state index < -0.39 is 35.8 Å². The molecule has 0 aliphatic carbocycles. The van der Waals surface area contributed by atoms with Gasteiger partial charge in [-0.05, 0) is 47.8 Å². The van der Waals surface area contributed by atoms with Crippen LogP contribution in [0, 0.1) is 18.3 Å². The van der Waals surface area contributed by atoms with Crippen LogP contribution in [-0.2, 0) is 35.0 Å². The Bertz CT molecular complexity index is 1290. The fourth-order valence-electron chi connectivity index (χ4n) is 4.10. The highest BCUT2D eigenvalue weighted by Crippen LogP contribution is 2.37. The molecule has 0 saturated carbocycles. The molecule has 1 saturated heterocycles. The van der Waals surface area contributed by atoms with E-state index in [0.717, 1.165) is 5.56 Å². The van der Waals surface area contributed by atoms with Gasteiger partial charge < -0.3 is 18.9 Å². The fourth-order valence-corrected chi connectivity index (χ4v) is 5.19. The van der Waals surface area contributed by atoms with Gasteiger partial charge in [0.1, 0.15) is 11.7 Å². The van der Waals surface area contributed by atoms with E-state index in [2.05, 4.69) is 20.9 Å². The van der Waals surface area contributed by atoms with E-state index in [1.54, 1.807) is 24.5 Å². The Balaban J connectivity index is 1.60. The first-order valence-electron chi connectivity index (χ1n) is 11.5. The molecule has 37 heavy (non-hydrogen) atoms. The smallest absolute Gasteiger partial charge is 0.350 e. The predicted molar refractivity (Wildman–Crippen MR) is 136 cm³/mol. The second kappa shape index (κ2) is 11.8. The van der Waals surface area contributed by atoms with Gasteiger partial charge in [0.05, 0.1) is 38.2 Å². The lowest BCUT2D eigenvalue weighted by atomic mass is 9.95. The highest BCUT2D eigenvalue weighted by Gasteiger charge is 2.52. The van der Waals surface area contributed by atoms with Gasteiger partial charge in [0.15, 0.2) is 10.8 Å². The number of hydrogen-bond acceptors (Lipinski definition) is 10. The standard InChI is InChI=1S/C24H24Cl2N4O6S/c1-4-15-9-17(30-13-27-18-19(25)28-23(26)29-20(18)30)36-16(15)11-35-24(21(31)33-5-2,22(32)34-6-3)10-14-7-8-37-12-14/h1,7-8,12-13,15-17H,5-6,9-11H2,2-3H3. The minimum atomic E-state index is -2.02. The summed E-state index contributed by atoms with van der Waals surface area (Å²) in [5.74, 6) is 0.629. The van der Waals surface area contributed by atoms with Crippen molar-refractivity contribution in [2.75, 3.05) is 19.8 Å². The Hall–Kier alpha value is -2.75. The van der Waals surface area contributed by atoms with E-state index in [1.807, 2.05) is 10.8 Å². The van der Waals surface area contributed by atoms with Gasteiger partial charge in [-0.25, -0.2) is 19.6 Å². The van der Waals surface area contributed by atoms with Crippen molar-refractivity contribution in [3.8, 4) is 12.3 Å². The average molecular weight is 567 g/mol. The van der Waals surface area contributed by atoms with Crippen LogP contribution in [0.1, 0.15) is 32.1 Å². The molecular weight excluding hydrogens is 543 g/mol. The summed E-state index contributed by atoms with van der Waals surface area (Å²) in [5.41, 5.74) is -0.546. The van der Waals surface area contributed by atoms with Gasteiger partial charge in [0, 0.05) is 12.8 Å². The maximum atomic E-state index is 13.1. The number of rotatable bonds is 10. The Kier molecular flexibility index (Phi) is 8.67. The van der Waals surface area contributed by atoms with Gasteiger partial charge in [0.25, 0.3) is 5.60 Å². The van der Waals surface area contributed by atoms with Crippen LogP contribution in [0.15, 0.2) is 23.2 Å².